The molecule has 0 saturated heterocycles. The van der Waals surface area contributed by atoms with Crippen LogP contribution in [0.25, 0.3) is 0 Å². The first-order chi connectivity index (χ1) is 11.0. The number of methoxy groups -OCH3 is 1. The highest BCUT2D eigenvalue weighted by Gasteiger charge is 2.06. The Morgan fingerprint density at radius 1 is 1.04 bits per heavy atom. The lowest BCUT2D eigenvalue weighted by Crippen LogP contribution is -2.09. The second-order valence-corrected chi connectivity index (χ2v) is 4.92. The van der Waals surface area contributed by atoms with Crippen LogP contribution in [-0.2, 0) is 9.57 Å². The summed E-state index contributed by atoms with van der Waals surface area (Å²) in [6, 6.07) is 15.4. The van der Waals surface area contributed by atoms with Gasteiger partial charge in [-0.1, -0.05) is 17.3 Å². The van der Waals surface area contributed by atoms with E-state index in [1.807, 2.05) is 60.5 Å². The fraction of sp³-hybridized carbons (Fsp3) is 0.176. The van der Waals surface area contributed by atoms with E-state index < -0.39 is 6.16 Å². The van der Waals surface area contributed by atoms with Crippen LogP contribution in [0.2, 0.25) is 0 Å². The van der Waals surface area contributed by atoms with Gasteiger partial charge in [-0.25, -0.2) is 4.79 Å². The molecule has 0 aromatic heterocycles. The Hall–Kier alpha value is -3.02. The first-order valence-electron chi connectivity index (χ1n) is 7.00. The number of nitrogens with two attached hydrogens (primary N) is 1. The molecular weight excluding hydrogens is 294 g/mol. The summed E-state index contributed by atoms with van der Waals surface area (Å²) >= 11 is 0. The Morgan fingerprint density at radius 2 is 1.57 bits per heavy atom. The summed E-state index contributed by atoms with van der Waals surface area (Å²) in [6.07, 6.45) is -0.843. The van der Waals surface area contributed by atoms with Gasteiger partial charge in [0.1, 0.15) is 0 Å². The number of oxime groups is 1. The maximum Gasteiger partial charge on any atom is 0.534 e. The minimum absolute atomic E-state index is 0.581. The van der Waals surface area contributed by atoms with E-state index in [4.69, 9.17) is 5.73 Å². The molecule has 120 valence electrons. The van der Waals surface area contributed by atoms with E-state index in [2.05, 4.69) is 14.7 Å². The summed E-state index contributed by atoms with van der Waals surface area (Å²) < 4.78 is 4.36. The second-order valence-electron chi connectivity index (χ2n) is 4.92. The number of rotatable bonds is 4. The molecule has 0 aliphatic carbocycles. The lowest BCUT2D eigenvalue weighted by atomic mass is 10.1. The highest BCUT2D eigenvalue weighted by atomic mass is 16.8. The Labute approximate surface area is 135 Å². The van der Waals surface area contributed by atoms with Gasteiger partial charge in [-0.2, -0.15) is 0 Å². The van der Waals surface area contributed by atoms with E-state index in [-0.39, 0.29) is 0 Å². The minimum Gasteiger partial charge on any atom is -0.436 e. The molecule has 6 heteroatoms. The van der Waals surface area contributed by atoms with Crippen molar-refractivity contribution < 1.29 is 14.4 Å². The van der Waals surface area contributed by atoms with Crippen molar-refractivity contribution in [3.05, 3.63) is 54.1 Å². The summed E-state index contributed by atoms with van der Waals surface area (Å²) in [5.74, 6) is 0. The molecule has 2 aromatic carbocycles. The van der Waals surface area contributed by atoms with Gasteiger partial charge in [0, 0.05) is 24.1 Å². The molecule has 0 bridgehead atoms. The summed E-state index contributed by atoms with van der Waals surface area (Å²) in [7, 11) is 3.21. The van der Waals surface area contributed by atoms with E-state index in [9.17, 15) is 4.79 Å². The molecule has 0 unspecified atom stereocenters. The molecule has 0 radical (unpaired) electrons. The third kappa shape index (κ3) is 4.23. The number of benzene rings is 2. The number of carbonyl (C=O) groups excluding carboxylic acids is 1. The largest absolute Gasteiger partial charge is 0.534 e. The zero-order valence-electron chi connectivity index (χ0n) is 13.3. The molecular formula is C17H19N3O3. The molecule has 0 aliphatic rings. The fourth-order valence-electron chi connectivity index (χ4n) is 1.97. The average Bonchev–Trinajstić information content (AvgIpc) is 2.59. The van der Waals surface area contributed by atoms with E-state index in [0.29, 0.717) is 5.71 Å². The van der Waals surface area contributed by atoms with Crippen LogP contribution < -0.4 is 10.6 Å². The molecule has 2 N–H and O–H groups in total. The van der Waals surface area contributed by atoms with Crippen molar-refractivity contribution in [2.24, 2.45) is 5.16 Å². The van der Waals surface area contributed by atoms with Crippen molar-refractivity contribution >= 4 is 28.9 Å². The number of nitrogen functional groups attached to an aromatic ring is 1. The van der Waals surface area contributed by atoms with Gasteiger partial charge in [0.15, 0.2) is 0 Å². The van der Waals surface area contributed by atoms with Gasteiger partial charge in [-0.15, -0.1) is 0 Å². The van der Waals surface area contributed by atoms with Crippen molar-refractivity contribution in [3.63, 3.8) is 0 Å². The van der Waals surface area contributed by atoms with Crippen molar-refractivity contribution in [3.8, 4) is 0 Å². The molecule has 0 heterocycles. The van der Waals surface area contributed by atoms with Crippen LogP contribution in [0.1, 0.15) is 12.5 Å². The van der Waals surface area contributed by atoms with Gasteiger partial charge in [-0.3, -0.25) is 4.84 Å². The fourth-order valence-corrected chi connectivity index (χ4v) is 1.97. The summed E-state index contributed by atoms with van der Waals surface area (Å²) in [6.45, 7) is 1.75. The normalized spacial score (nSPS) is 11.0. The highest BCUT2D eigenvalue weighted by molar-refractivity contribution is 5.98. The minimum atomic E-state index is -0.843. The molecule has 0 fully saturated rings. The molecule has 0 atom stereocenters. The van der Waals surface area contributed by atoms with Crippen molar-refractivity contribution in [2.75, 3.05) is 24.8 Å². The van der Waals surface area contributed by atoms with Gasteiger partial charge in [-0.05, 0) is 48.9 Å². The summed E-state index contributed by atoms with van der Waals surface area (Å²) in [4.78, 5) is 17.5. The summed E-state index contributed by atoms with van der Waals surface area (Å²) in [5.41, 5.74) is 9.91. The summed E-state index contributed by atoms with van der Waals surface area (Å²) in [5, 5.41) is 3.72. The topological polar surface area (TPSA) is 77.2 Å². The van der Waals surface area contributed by atoms with E-state index in [1.165, 1.54) is 7.11 Å². The first-order valence-corrected chi connectivity index (χ1v) is 7.00. The van der Waals surface area contributed by atoms with Crippen molar-refractivity contribution in [1.29, 1.82) is 0 Å². The number of hydrogen-bond acceptors (Lipinski definition) is 6. The highest BCUT2D eigenvalue weighted by Crippen LogP contribution is 2.24. The Balaban J connectivity index is 2.12. The molecule has 0 saturated carbocycles. The lowest BCUT2D eigenvalue weighted by Gasteiger charge is -2.20. The Bertz CT molecular complexity index is 694. The average molecular weight is 313 g/mol. The van der Waals surface area contributed by atoms with Gasteiger partial charge >= 0.3 is 6.16 Å². The van der Waals surface area contributed by atoms with Crippen LogP contribution in [0.3, 0.4) is 0 Å². The number of carbonyl (C=O) groups is 1. The molecule has 6 nitrogen and oxygen atoms in total. The van der Waals surface area contributed by atoms with Gasteiger partial charge in [0.05, 0.1) is 12.8 Å². The lowest BCUT2D eigenvalue weighted by molar-refractivity contribution is 0.0753. The van der Waals surface area contributed by atoms with Crippen molar-refractivity contribution in [2.45, 2.75) is 6.92 Å². The smallest absolute Gasteiger partial charge is 0.436 e. The number of anilines is 3. The van der Waals surface area contributed by atoms with Crippen LogP contribution in [-0.4, -0.2) is 26.0 Å². The molecule has 0 aliphatic heterocycles. The van der Waals surface area contributed by atoms with Crippen LogP contribution >= 0.6 is 0 Å². The molecule has 2 aromatic rings. The monoisotopic (exact) mass is 313 g/mol. The zero-order chi connectivity index (χ0) is 16.8. The van der Waals surface area contributed by atoms with Crippen LogP contribution in [0.5, 0.6) is 0 Å². The zero-order valence-corrected chi connectivity index (χ0v) is 13.3. The van der Waals surface area contributed by atoms with Crippen molar-refractivity contribution in [1.82, 2.24) is 0 Å². The van der Waals surface area contributed by atoms with Crippen LogP contribution in [0.15, 0.2) is 53.7 Å². The van der Waals surface area contributed by atoms with Gasteiger partial charge in [0.25, 0.3) is 0 Å². The predicted molar refractivity (Wildman–Crippen MR) is 91.1 cm³/mol. The molecule has 0 amide bonds. The van der Waals surface area contributed by atoms with Gasteiger partial charge < -0.3 is 15.4 Å². The third-order valence-electron chi connectivity index (χ3n) is 3.38. The second kappa shape index (κ2) is 7.31. The first kappa shape index (κ1) is 16.4. The Kier molecular flexibility index (Phi) is 5.19. The Morgan fingerprint density at radius 3 is 2.09 bits per heavy atom. The van der Waals surface area contributed by atoms with Crippen LogP contribution in [0.4, 0.5) is 21.9 Å². The maximum atomic E-state index is 10.9. The molecule has 0 spiro atoms. The third-order valence-corrected chi connectivity index (χ3v) is 3.38. The van der Waals surface area contributed by atoms with E-state index in [1.54, 1.807) is 6.92 Å². The van der Waals surface area contributed by atoms with E-state index >= 15 is 0 Å². The van der Waals surface area contributed by atoms with Gasteiger partial charge in [0.2, 0.25) is 0 Å². The standard InChI is InChI=1S/C17H19N3O3/c1-12(19-23-17(21)22-3)13-4-8-15(9-5-13)20(2)16-10-6-14(18)7-11-16/h4-11H,18H2,1-3H3/b19-12+. The SMILES string of the molecule is COC(=O)O/N=C(\C)c1ccc(N(C)c2ccc(N)cc2)cc1. The molecule has 2 rings (SSSR count). The molecule has 23 heavy (non-hydrogen) atoms. The number of ether oxygens (including phenoxy) is 1. The number of hydrogen-bond donors (Lipinski definition) is 1. The number of nitrogens with zero attached hydrogens (tertiary/aromatic N) is 2. The quantitative estimate of drug-likeness (QED) is 0.307. The van der Waals surface area contributed by atoms with E-state index in [0.717, 1.165) is 22.6 Å². The maximum absolute atomic E-state index is 10.9. The van der Waals surface area contributed by atoms with Crippen LogP contribution in [0, 0.1) is 0 Å². The predicted octanol–water partition coefficient (Wildman–Crippen LogP) is 3.54.